The summed E-state index contributed by atoms with van der Waals surface area (Å²) in [6, 6.07) is 7.53. The first-order chi connectivity index (χ1) is 9.22. The molecular formula is C13H11N3OS2. The number of nitrogens with zero attached hydrogens (tertiary/aromatic N) is 1. The van der Waals surface area contributed by atoms with Gasteiger partial charge in [-0.25, -0.2) is 4.98 Å². The molecule has 0 atom stereocenters. The van der Waals surface area contributed by atoms with E-state index < -0.39 is 0 Å². The second kappa shape index (κ2) is 4.99. The molecule has 3 aromatic rings. The minimum absolute atomic E-state index is 0.0761. The number of rotatable bonds is 3. The number of aromatic nitrogens is 1. The average molecular weight is 289 g/mol. The number of fused-ring (bicyclic) bond motifs is 1. The van der Waals surface area contributed by atoms with Gasteiger partial charge in [0.15, 0.2) is 0 Å². The lowest BCUT2D eigenvalue weighted by molar-refractivity contribution is 0.0954. The molecule has 4 nitrogen and oxygen atoms in total. The van der Waals surface area contributed by atoms with E-state index in [4.69, 9.17) is 5.73 Å². The smallest absolute Gasteiger partial charge is 0.261 e. The van der Waals surface area contributed by atoms with Crippen molar-refractivity contribution in [1.29, 1.82) is 0 Å². The van der Waals surface area contributed by atoms with E-state index in [-0.39, 0.29) is 5.91 Å². The molecule has 19 heavy (non-hydrogen) atoms. The Morgan fingerprint density at radius 1 is 1.37 bits per heavy atom. The van der Waals surface area contributed by atoms with Crippen molar-refractivity contribution >= 4 is 44.4 Å². The van der Waals surface area contributed by atoms with Gasteiger partial charge >= 0.3 is 0 Å². The van der Waals surface area contributed by atoms with E-state index in [1.807, 2.05) is 29.6 Å². The second-order valence-electron chi connectivity index (χ2n) is 4.07. The van der Waals surface area contributed by atoms with E-state index in [2.05, 4.69) is 10.3 Å². The van der Waals surface area contributed by atoms with Crippen molar-refractivity contribution in [1.82, 2.24) is 10.3 Å². The number of hydrogen-bond donors (Lipinski definition) is 2. The van der Waals surface area contributed by atoms with Gasteiger partial charge in [0.05, 0.1) is 22.6 Å². The summed E-state index contributed by atoms with van der Waals surface area (Å²) in [4.78, 5) is 16.9. The van der Waals surface area contributed by atoms with Crippen LogP contribution in [-0.4, -0.2) is 10.9 Å². The van der Waals surface area contributed by atoms with Crippen LogP contribution in [-0.2, 0) is 6.54 Å². The predicted octanol–water partition coefficient (Wildman–Crippen LogP) is 2.87. The third-order valence-corrected chi connectivity index (χ3v) is 4.43. The zero-order valence-electron chi connectivity index (χ0n) is 9.92. The Morgan fingerprint density at radius 3 is 3.05 bits per heavy atom. The Morgan fingerprint density at radius 2 is 2.26 bits per heavy atom. The number of thiophene rings is 1. The maximum atomic E-state index is 12.0. The highest BCUT2D eigenvalue weighted by molar-refractivity contribution is 7.20. The fraction of sp³-hybridized carbons (Fsp3) is 0.0769. The number of nitrogen functional groups attached to an aromatic ring is 1. The van der Waals surface area contributed by atoms with Gasteiger partial charge in [-0.2, -0.15) is 0 Å². The number of nitrogens with two attached hydrogens (primary N) is 1. The molecule has 2 aromatic heterocycles. The molecule has 0 fully saturated rings. The average Bonchev–Trinajstić information content (AvgIpc) is 3.04. The first kappa shape index (κ1) is 12.1. The Hall–Kier alpha value is -1.92. The van der Waals surface area contributed by atoms with Gasteiger partial charge < -0.3 is 11.1 Å². The van der Waals surface area contributed by atoms with Gasteiger partial charge in [-0.05, 0) is 29.7 Å². The normalized spacial score (nSPS) is 10.7. The molecule has 0 aliphatic carbocycles. The van der Waals surface area contributed by atoms with Gasteiger partial charge in [-0.1, -0.05) is 0 Å². The van der Waals surface area contributed by atoms with E-state index in [9.17, 15) is 4.79 Å². The molecule has 0 spiro atoms. The van der Waals surface area contributed by atoms with Gasteiger partial charge in [-0.3, -0.25) is 4.79 Å². The van der Waals surface area contributed by atoms with Crippen LogP contribution < -0.4 is 11.1 Å². The molecule has 3 N–H and O–H groups in total. The highest BCUT2D eigenvalue weighted by atomic mass is 32.1. The van der Waals surface area contributed by atoms with E-state index >= 15 is 0 Å². The van der Waals surface area contributed by atoms with Gasteiger partial charge in [0.25, 0.3) is 5.91 Å². The molecule has 0 bridgehead atoms. The molecule has 1 amide bonds. The van der Waals surface area contributed by atoms with Crippen molar-refractivity contribution in [2.24, 2.45) is 0 Å². The van der Waals surface area contributed by atoms with Crippen LogP contribution in [0.4, 0.5) is 5.69 Å². The Labute approximate surface area is 117 Å². The number of hydrogen-bond acceptors (Lipinski definition) is 5. The maximum Gasteiger partial charge on any atom is 0.261 e. The lowest BCUT2D eigenvalue weighted by Crippen LogP contribution is -2.21. The molecule has 2 heterocycles. The summed E-state index contributed by atoms with van der Waals surface area (Å²) in [5.41, 5.74) is 9.07. The summed E-state index contributed by atoms with van der Waals surface area (Å²) >= 11 is 2.98. The Bertz CT molecular complexity index is 719. The zero-order chi connectivity index (χ0) is 13.2. The second-order valence-corrected chi connectivity index (χ2v) is 5.87. The van der Waals surface area contributed by atoms with Crippen molar-refractivity contribution in [3.05, 3.63) is 45.7 Å². The SMILES string of the molecule is Nc1ccc2sc(C(=O)NCc3cscn3)cc2c1. The highest BCUT2D eigenvalue weighted by Crippen LogP contribution is 2.27. The third kappa shape index (κ3) is 2.59. The van der Waals surface area contributed by atoms with Crippen LogP contribution in [0.1, 0.15) is 15.4 Å². The van der Waals surface area contributed by atoms with Gasteiger partial charge in [0, 0.05) is 15.8 Å². The topological polar surface area (TPSA) is 68.0 Å². The first-order valence-corrected chi connectivity index (χ1v) is 7.42. The van der Waals surface area contributed by atoms with Crippen LogP contribution in [0.2, 0.25) is 0 Å². The molecule has 0 aliphatic heterocycles. The van der Waals surface area contributed by atoms with E-state index in [1.54, 1.807) is 5.51 Å². The molecule has 96 valence electrons. The Kier molecular flexibility index (Phi) is 3.18. The predicted molar refractivity (Wildman–Crippen MR) is 79.5 cm³/mol. The van der Waals surface area contributed by atoms with Gasteiger partial charge in [0.1, 0.15) is 0 Å². The third-order valence-electron chi connectivity index (χ3n) is 2.68. The summed E-state index contributed by atoms with van der Waals surface area (Å²) in [6.45, 7) is 0.457. The molecule has 0 aliphatic rings. The van der Waals surface area contributed by atoms with Gasteiger partial charge in [-0.15, -0.1) is 22.7 Å². The van der Waals surface area contributed by atoms with Crippen LogP contribution >= 0.6 is 22.7 Å². The van der Waals surface area contributed by atoms with Crippen molar-refractivity contribution < 1.29 is 4.79 Å². The van der Waals surface area contributed by atoms with Crippen molar-refractivity contribution in [2.75, 3.05) is 5.73 Å². The van der Waals surface area contributed by atoms with Crippen molar-refractivity contribution in [2.45, 2.75) is 6.54 Å². The summed E-state index contributed by atoms with van der Waals surface area (Å²) < 4.78 is 1.06. The number of amides is 1. The number of nitrogens with one attached hydrogen (secondary N) is 1. The lowest BCUT2D eigenvalue weighted by atomic mass is 10.2. The van der Waals surface area contributed by atoms with E-state index in [0.717, 1.165) is 15.8 Å². The highest BCUT2D eigenvalue weighted by Gasteiger charge is 2.10. The molecule has 0 saturated heterocycles. The largest absolute Gasteiger partial charge is 0.399 e. The van der Waals surface area contributed by atoms with Gasteiger partial charge in [0.2, 0.25) is 0 Å². The van der Waals surface area contributed by atoms with Crippen LogP contribution in [0.5, 0.6) is 0 Å². The lowest BCUT2D eigenvalue weighted by Gasteiger charge is -1.99. The molecule has 0 unspecified atom stereocenters. The molecule has 3 rings (SSSR count). The molecule has 6 heteroatoms. The summed E-state index contributed by atoms with van der Waals surface area (Å²) in [5.74, 6) is -0.0761. The van der Waals surface area contributed by atoms with Crippen molar-refractivity contribution in [3.63, 3.8) is 0 Å². The minimum Gasteiger partial charge on any atom is -0.399 e. The molecular weight excluding hydrogens is 278 g/mol. The number of carbonyl (C=O) groups excluding carboxylic acids is 1. The maximum absolute atomic E-state index is 12.0. The van der Waals surface area contributed by atoms with Crippen LogP contribution in [0.15, 0.2) is 35.2 Å². The zero-order valence-corrected chi connectivity index (χ0v) is 11.6. The quantitative estimate of drug-likeness (QED) is 0.728. The number of carbonyl (C=O) groups is 1. The number of anilines is 1. The molecule has 0 saturated carbocycles. The number of benzene rings is 1. The minimum atomic E-state index is -0.0761. The monoisotopic (exact) mass is 289 g/mol. The number of thiazole rings is 1. The standard InChI is InChI=1S/C13H11N3OS2/c14-9-1-2-11-8(3-9)4-12(19-11)13(17)15-5-10-6-18-7-16-10/h1-4,6-7H,5,14H2,(H,15,17). The molecule has 0 radical (unpaired) electrons. The Balaban J connectivity index is 1.77. The molecule has 1 aromatic carbocycles. The fourth-order valence-electron chi connectivity index (χ4n) is 1.76. The first-order valence-electron chi connectivity index (χ1n) is 5.67. The van der Waals surface area contributed by atoms with Crippen LogP contribution in [0, 0.1) is 0 Å². The van der Waals surface area contributed by atoms with Crippen LogP contribution in [0.25, 0.3) is 10.1 Å². The van der Waals surface area contributed by atoms with E-state index in [1.165, 1.54) is 22.7 Å². The fourth-order valence-corrected chi connectivity index (χ4v) is 3.27. The summed E-state index contributed by atoms with van der Waals surface area (Å²) in [5, 5.41) is 5.79. The van der Waals surface area contributed by atoms with Crippen molar-refractivity contribution in [3.8, 4) is 0 Å². The summed E-state index contributed by atoms with van der Waals surface area (Å²) in [7, 11) is 0. The van der Waals surface area contributed by atoms with E-state index in [0.29, 0.717) is 17.1 Å². The van der Waals surface area contributed by atoms with Crippen LogP contribution in [0.3, 0.4) is 0 Å². The summed E-state index contributed by atoms with van der Waals surface area (Å²) in [6.07, 6.45) is 0.